The Labute approximate surface area is 380 Å². The number of allylic oxidation sites excluding steroid dienone is 2. The van der Waals surface area contributed by atoms with Crippen molar-refractivity contribution in [1.82, 2.24) is 9.97 Å². The number of hydrogen-bond donors (Lipinski definition) is 1. The molecule has 0 amide bonds. The molecular formula is C53H68IrN2O2Si2-2. The van der Waals surface area contributed by atoms with Crippen LogP contribution in [0.1, 0.15) is 78.4 Å². The minimum absolute atomic E-state index is 0. The number of carbonyl (C=O) groups excluding carboxylic acids is 1. The molecular weight excluding hydrogens is 945 g/mol. The molecule has 7 heteroatoms. The second kappa shape index (κ2) is 22.2. The molecule has 0 aliphatic rings. The van der Waals surface area contributed by atoms with Crippen molar-refractivity contribution in [3.8, 4) is 22.5 Å². The SMILES string of the molecule is CCC(CC)C(=O)/C=C(\O)C(CC)CC.[2H]c1cc2cc([Si](C)(C)C)ccc2c(-c2[c-]c(C)cc(C)c2)n1.[2H]c1cc2cc([Si](C)(C)C)ccc2c(-c2[c-]c(C)cc(C)c2)n1.[Ir]. The molecule has 1 N–H and O–H groups in total. The van der Waals surface area contributed by atoms with Crippen LogP contribution in [-0.4, -0.2) is 37.0 Å². The zero-order valence-electron chi connectivity index (χ0n) is 40.6. The van der Waals surface area contributed by atoms with Crippen molar-refractivity contribution in [2.45, 2.75) is 120 Å². The smallest absolute Gasteiger partial charge is 0.162 e. The van der Waals surface area contributed by atoms with Crippen LogP contribution in [0.4, 0.5) is 0 Å². The van der Waals surface area contributed by atoms with Crippen LogP contribution in [0.3, 0.4) is 0 Å². The molecule has 4 nitrogen and oxygen atoms in total. The van der Waals surface area contributed by atoms with Gasteiger partial charge in [-0.2, -0.15) is 0 Å². The van der Waals surface area contributed by atoms with E-state index in [2.05, 4.69) is 136 Å². The van der Waals surface area contributed by atoms with E-state index in [1.807, 2.05) is 53.7 Å². The summed E-state index contributed by atoms with van der Waals surface area (Å²) in [5.74, 6) is 0.547. The van der Waals surface area contributed by atoms with Crippen LogP contribution in [0, 0.1) is 51.7 Å². The summed E-state index contributed by atoms with van der Waals surface area (Å²) in [5.41, 5.74) is 8.27. The van der Waals surface area contributed by atoms with Crippen molar-refractivity contribution < 1.29 is 32.7 Å². The van der Waals surface area contributed by atoms with E-state index in [9.17, 15) is 9.90 Å². The molecule has 2 heterocycles. The first kappa shape index (κ1) is 47.0. The summed E-state index contributed by atoms with van der Waals surface area (Å²) in [4.78, 5) is 20.7. The molecule has 60 heavy (non-hydrogen) atoms. The summed E-state index contributed by atoms with van der Waals surface area (Å²) in [6.07, 6.45) is 5.53. The van der Waals surface area contributed by atoms with Crippen molar-refractivity contribution >= 4 is 53.8 Å². The van der Waals surface area contributed by atoms with E-state index in [1.54, 1.807) is 0 Å². The molecule has 6 rings (SSSR count). The molecule has 0 aliphatic carbocycles. The van der Waals surface area contributed by atoms with Crippen molar-refractivity contribution in [2.24, 2.45) is 11.8 Å². The zero-order valence-corrected chi connectivity index (χ0v) is 43.0. The van der Waals surface area contributed by atoms with E-state index in [-0.39, 0.29) is 43.5 Å². The monoisotopic (exact) mass is 1020 g/mol. The van der Waals surface area contributed by atoms with E-state index in [4.69, 9.17) is 2.74 Å². The summed E-state index contributed by atoms with van der Waals surface area (Å²) in [6.45, 7) is 30.4. The molecule has 0 spiro atoms. The number of pyridine rings is 2. The Balaban J connectivity index is 0.000000253. The number of ketones is 1. The second-order valence-electron chi connectivity index (χ2n) is 18.1. The maximum atomic E-state index is 11.7. The number of hydrogen-bond acceptors (Lipinski definition) is 4. The van der Waals surface area contributed by atoms with Crippen LogP contribution < -0.4 is 10.4 Å². The molecule has 321 valence electrons. The fraction of sp³-hybridized carbons (Fsp3) is 0.377. The van der Waals surface area contributed by atoms with Gasteiger partial charge in [0.15, 0.2) is 5.78 Å². The van der Waals surface area contributed by atoms with Gasteiger partial charge in [0.05, 0.1) is 24.6 Å². The van der Waals surface area contributed by atoms with Gasteiger partial charge < -0.3 is 15.1 Å². The molecule has 0 atom stereocenters. The molecule has 6 aromatic rings. The molecule has 2 aromatic heterocycles. The Morgan fingerprint density at radius 2 is 1.02 bits per heavy atom. The molecule has 0 saturated carbocycles. The molecule has 0 aliphatic heterocycles. The second-order valence-corrected chi connectivity index (χ2v) is 28.2. The van der Waals surface area contributed by atoms with Crippen LogP contribution in [0.15, 0.2) is 97.0 Å². The van der Waals surface area contributed by atoms with Crippen LogP contribution in [0.25, 0.3) is 44.1 Å². The van der Waals surface area contributed by atoms with Crippen LogP contribution in [0.2, 0.25) is 39.3 Å². The van der Waals surface area contributed by atoms with Gasteiger partial charge >= 0.3 is 0 Å². The van der Waals surface area contributed by atoms with Crippen molar-refractivity contribution in [3.63, 3.8) is 0 Å². The Morgan fingerprint density at radius 1 is 0.633 bits per heavy atom. The van der Waals surface area contributed by atoms with Crippen LogP contribution in [-0.2, 0) is 24.9 Å². The predicted octanol–water partition coefficient (Wildman–Crippen LogP) is 13.6. The topological polar surface area (TPSA) is 63.1 Å². The first-order valence-corrected chi connectivity index (χ1v) is 28.4. The number of rotatable bonds is 11. The summed E-state index contributed by atoms with van der Waals surface area (Å²) in [5, 5.41) is 17.0. The Morgan fingerprint density at radius 3 is 1.35 bits per heavy atom. The number of aromatic nitrogens is 2. The van der Waals surface area contributed by atoms with Crippen molar-refractivity contribution in [1.29, 1.82) is 0 Å². The van der Waals surface area contributed by atoms with Gasteiger partial charge in [-0.3, -0.25) is 4.79 Å². The first-order valence-electron chi connectivity index (χ1n) is 22.4. The van der Waals surface area contributed by atoms with E-state index in [0.29, 0.717) is 12.3 Å². The van der Waals surface area contributed by atoms with E-state index in [1.165, 1.54) is 27.6 Å². The average molecular weight is 1020 g/mol. The van der Waals surface area contributed by atoms with Crippen molar-refractivity contribution in [3.05, 3.63) is 131 Å². The van der Waals surface area contributed by atoms with Crippen molar-refractivity contribution in [2.75, 3.05) is 0 Å². The maximum Gasteiger partial charge on any atom is 0.162 e. The third-order valence-electron chi connectivity index (χ3n) is 11.0. The number of nitrogens with zero attached hydrogens (tertiary/aromatic N) is 2. The minimum atomic E-state index is -1.37. The summed E-state index contributed by atoms with van der Waals surface area (Å²) in [6, 6.07) is 32.2. The quantitative estimate of drug-likeness (QED) is 0.0608. The Hall–Kier alpha value is -4.01. The Bertz CT molecular complexity index is 2320. The third kappa shape index (κ3) is 13.5. The van der Waals surface area contributed by atoms with E-state index in [0.717, 1.165) is 80.9 Å². The molecule has 0 saturated heterocycles. The summed E-state index contributed by atoms with van der Waals surface area (Å²) in [7, 11) is -2.74. The Kier molecular flexibility index (Phi) is 17.4. The molecule has 4 aromatic carbocycles. The third-order valence-corrected chi connectivity index (χ3v) is 15.1. The summed E-state index contributed by atoms with van der Waals surface area (Å²) >= 11 is 0. The number of aliphatic hydroxyl groups excluding tert-OH is 1. The van der Waals surface area contributed by atoms with E-state index < -0.39 is 16.1 Å². The van der Waals surface area contributed by atoms with Gasteiger partial charge in [0, 0.05) is 50.4 Å². The minimum Gasteiger partial charge on any atom is -0.512 e. The van der Waals surface area contributed by atoms with E-state index >= 15 is 0 Å². The normalized spacial score (nSPS) is 12.3. The van der Waals surface area contributed by atoms with Gasteiger partial charge in [-0.25, -0.2) is 0 Å². The van der Waals surface area contributed by atoms with Gasteiger partial charge in [0.1, 0.15) is 0 Å². The summed E-state index contributed by atoms with van der Waals surface area (Å²) < 4.78 is 16.2. The fourth-order valence-corrected chi connectivity index (χ4v) is 9.76. The van der Waals surface area contributed by atoms with Gasteiger partial charge in [-0.05, 0) is 70.7 Å². The molecule has 0 fully saturated rings. The first-order chi connectivity index (χ1) is 28.6. The maximum absolute atomic E-state index is 11.7. The number of fused-ring (bicyclic) bond motifs is 2. The molecule has 0 bridgehead atoms. The largest absolute Gasteiger partial charge is 0.512 e. The fourth-order valence-electron chi connectivity index (χ4n) is 7.42. The number of aliphatic hydroxyl groups is 1. The predicted molar refractivity (Wildman–Crippen MR) is 261 cm³/mol. The standard InChI is InChI=1S/2C20H22NSi.C13H24O2.Ir/c2*1-14-10-15(2)12-17(11-14)20-19-7-6-18(22(3,4)5)13-16(19)8-9-21-20;1-5-10(6-2)12(14)9-13(15)11(7-3)8-4;/h2*6-11,13H,1-5H3;9-11,14H,5-8H2,1-4H3;/q2*-1;;/b;;12-9-;/i2*9D;;. The van der Waals surface area contributed by atoms with Gasteiger partial charge in [-0.15, -0.1) is 69.8 Å². The van der Waals surface area contributed by atoms with Gasteiger partial charge in [-0.1, -0.05) is 141 Å². The van der Waals surface area contributed by atoms with Crippen LogP contribution in [0.5, 0.6) is 0 Å². The molecule has 0 unspecified atom stereocenters. The van der Waals surface area contributed by atoms with Gasteiger partial charge in [0.2, 0.25) is 0 Å². The molecule has 1 radical (unpaired) electrons. The number of carbonyl (C=O) groups is 1. The number of aryl methyl sites for hydroxylation is 4. The zero-order chi connectivity index (χ0) is 45.4. The number of benzene rings is 4. The van der Waals surface area contributed by atoms with Gasteiger partial charge in [0.25, 0.3) is 0 Å². The average Bonchev–Trinajstić information content (AvgIpc) is 3.16. The van der Waals surface area contributed by atoms with Crippen LogP contribution >= 0.6 is 0 Å².